The van der Waals surface area contributed by atoms with E-state index in [2.05, 4.69) is 26.9 Å². The molecule has 28 heavy (non-hydrogen) atoms. The summed E-state index contributed by atoms with van der Waals surface area (Å²) in [5.41, 5.74) is 0.330. The number of nitrogens with one attached hydrogen (secondary N) is 3. The lowest BCUT2D eigenvalue weighted by Gasteiger charge is -2.29. The minimum Gasteiger partial charge on any atom is -0.349 e. The van der Waals surface area contributed by atoms with Crippen LogP contribution >= 0.6 is 0 Å². The van der Waals surface area contributed by atoms with E-state index >= 15 is 0 Å². The Hall–Kier alpha value is -2.92. The SMILES string of the molecule is C#CCC(NC(=O)C(C)NC)C(=O)N1CCCC1CNC(=O)c1ccccn1. The smallest absolute Gasteiger partial charge is 0.269 e. The molecule has 2 rings (SSSR count). The van der Waals surface area contributed by atoms with Gasteiger partial charge in [0.25, 0.3) is 5.91 Å². The van der Waals surface area contributed by atoms with Crippen LogP contribution in [0.4, 0.5) is 0 Å². The van der Waals surface area contributed by atoms with Crippen LogP contribution in [0, 0.1) is 12.3 Å². The molecule has 3 unspecified atom stereocenters. The van der Waals surface area contributed by atoms with Crippen molar-refractivity contribution in [1.29, 1.82) is 0 Å². The van der Waals surface area contributed by atoms with Crippen molar-refractivity contribution < 1.29 is 14.4 Å². The molecule has 3 N–H and O–H groups in total. The molecule has 8 nitrogen and oxygen atoms in total. The molecular weight excluding hydrogens is 358 g/mol. The van der Waals surface area contributed by atoms with Gasteiger partial charge in [-0.3, -0.25) is 19.4 Å². The van der Waals surface area contributed by atoms with Crippen molar-refractivity contribution in [3.05, 3.63) is 30.1 Å². The standard InChI is InChI=1S/C20H27N5O3/c1-4-8-17(24-18(26)14(2)21-3)20(28)25-12-7-9-15(25)13-23-19(27)16-10-5-6-11-22-16/h1,5-6,10-11,14-15,17,21H,7-9,12-13H2,2-3H3,(H,23,27)(H,24,26). The van der Waals surface area contributed by atoms with Crippen molar-refractivity contribution >= 4 is 17.7 Å². The molecule has 1 saturated heterocycles. The number of likely N-dealkylation sites (tertiary alicyclic amines) is 1. The Labute approximate surface area is 165 Å². The molecule has 0 spiro atoms. The van der Waals surface area contributed by atoms with Gasteiger partial charge in [-0.05, 0) is 38.9 Å². The molecule has 0 aromatic carbocycles. The van der Waals surface area contributed by atoms with Crippen LogP contribution in [-0.2, 0) is 9.59 Å². The molecule has 8 heteroatoms. The van der Waals surface area contributed by atoms with Crippen molar-refractivity contribution in [2.24, 2.45) is 0 Å². The number of terminal acetylenes is 1. The Morgan fingerprint density at radius 1 is 1.39 bits per heavy atom. The third-order valence-electron chi connectivity index (χ3n) is 4.82. The number of hydrogen-bond acceptors (Lipinski definition) is 5. The largest absolute Gasteiger partial charge is 0.349 e. The second-order valence-electron chi connectivity index (χ2n) is 6.73. The fraction of sp³-hybridized carbons (Fsp3) is 0.500. The van der Waals surface area contributed by atoms with E-state index < -0.39 is 12.1 Å². The lowest BCUT2D eigenvalue weighted by molar-refractivity contribution is -0.137. The molecule has 1 aromatic heterocycles. The quantitative estimate of drug-likeness (QED) is 0.543. The van der Waals surface area contributed by atoms with Crippen LogP contribution in [-0.4, -0.2) is 65.9 Å². The molecule has 1 aromatic rings. The maximum atomic E-state index is 13.0. The summed E-state index contributed by atoms with van der Waals surface area (Å²) in [6.07, 6.45) is 8.68. The number of carbonyl (C=O) groups excluding carboxylic acids is 3. The maximum Gasteiger partial charge on any atom is 0.269 e. The number of aromatic nitrogens is 1. The first kappa shape index (κ1) is 21.4. The Morgan fingerprint density at radius 3 is 2.82 bits per heavy atom. The Balaban J connectivity index is 1.98. The molecule has 1 aliphatic rings. The van der Waals surface area contributed by atoms with Crippen molar-refractivity contribution in [1.82, 2.24) is 25.8 Å². The zero-order valence-electron chi connectivity index (χ0n) is 16.3. The molecular formula is C20H27N5O3. The van der Waals surface area contributed by atoms with Gasteiger partial charge < -0.3 is 20.9 Å². The van der Waals surface area contributed by atoms with Crippen LogP contribution in [0.25, 0.3) is 0 Å². The molecule has 0 radical (unpaired) electrons. The minimum atomic E-state index is -0.777. The molecule has 150 valence electrons. The molecule has 1 fully saturated rings. The second kappa shape index (κ2) is 10.4. The van der Waals surface area contributed by atoms with Crippen LogP contribution in [0.2, 0.25) is 0 Å². The molecule has 0 aliphatic carbocycles. The van der Waals surface area contributed by atoms with Crippen LogP contribution in [0.1, 0.15) is 36.7 Å². The van der Waals surface area contributed by atoms with Gasteiger partial charge in [-0.2, -0.15) is 0 Å². The third-order valence-corrected chi connectivity index (χ3v) is 4.82. The third kappa shape index (κ3) is 5.54. The van der Waals surface area contributed by atoms with E-state index in [1.807, 2.05) is 0 Å². The van der Waals surface area contributed by atoms with E-state index in [9.17, 15) is 14.4 Å². The Morgan fingerprint density at radius 2 is 2.18 bits per heavy atom. The summed E-state index contributed by atoms with van der Waals surface area (Å²) in [6, 6.07) is 3.77. The van der Waals surface area contributed by atoms with E-state index in [0.717, 1.165) is 12.8 Å². The first-order chi connectivity index (χ1) is 13.5. The van der Waals surface area contributed by atoms with Gasteiger partial charge in [0.1, 0.15) is 11.7 Å². The number of amides is 3. The summed E-state index contributed by atoms with van der Waals surface area (Å²) in [4.78, 5) is 43.1. The van der Waals surface area contributed by atoms with E-state index in [1.165, 1.54) is 0 Å². The Kier molecular flexibility index (Phi) is 7.96. The Bertz CT molecular complexity index is 731. The molecule has 0 bridgehead atoms. The average Bonchev–Trinajstić information content (AvgIpc) is 3.19. The number of rotatable bonds is 8. The molecule has 3 atom stereocenters. The van der Waals surface area contributed by atoms with Gasteiger partial charge in [0, 0.05) is 31.7 Å². The highest BCUT2D eigenvalue weighted by Crippen LogP contribution is 2.18. The van der Waals surface area contributed by atoms with Gasteiger partial charge >= 0.3 is 0 Å². The van der Waals surface area contributed by atoms with Crippen LogP contribution in [0.3, 0.4) is 0 Å². The summed E-state index contributed by atoms with van der Waals surface area (Å²) in [6.45, 7) is 2.60. The monoisotopic (exact) mass is 385 g/mol. The first-order valence-corrected chi connectivity index (χ1v) is 9.38. The molecule has 3 amide bonds. The number of hydrogen-bond donors (Lipinski definition) is 3. The maximum absolute atomic E-state index is 13.0. The molecule has 1 aliphatic heterocycles. The van der Waals surface area contributed by atoms with Crippen molar-refractivity contribution in [2.75, 3.05) is 20.1 Å². The fourth-order valence-corrected chi connectivity index (χ4v) is 3.08. The predicted octanol–water partition coefficient (Wildman–Crippen LogP) is -0.0816. The van der Waals surface area contributed by atoms with Crippen molar-refractivity contribution in [3.8, 4) is 12.3 Å². The summed E-state index contributed by atoms with van der Waals surface area (Å²) < 4.78 is 0. The van der Waals surface area contributed by atoms with Crippen LogP contribution in [0.5, 0.6) is 0 Å². The summed E-state index contributed by atoms with van der Waals surface area (Å²) in [5, 5.41) is 8.39. The average molecular weight is 385 g/mol. The van der Waals surface area contributed by atoms with Gasteiger partial charge in [-0.25, -0.2) is 0 Å². The molecule has 2 heterocycles. The fourth-order valence-electron chi connectivity index (χ4n) is 3.08. The second-order valence-corrected chi connectivity index (χ2v) is 6.73. The van der Waals surface area contributed by atoms with E-state index in [0.29, 0.717) is 18.8 Å². The summed E-state index contributed by atoms with van der Waals surface area (Å²) in [5.74, 6) is 1.68. The molecule has 0 saturated carbocycles. The van der Waals surface area contributed by atoms with Crippen molar-refractivity contribution in [2.45, 2.75) is 44.3 Å². The summed E-state index contributed by atoms with van der Waals surface area (Å²) >= 11 is 0. The summed E-state index contributed by atoms with van der Waals surface area (Å²) in [7, 11) is 1.67. The van der Waals surface area contributed by atoms with Gasteiger partial charge in [0.2, 0.25) is 11.8 Å². The van der Waals surface area contributed by atoms with Gasteiger partial charge in [0.05, 0.1) is 6.04 Å². The number of carbonyl (C=O) groups is 3. The lowest BCUT2D eigenvalue weighted by Crippen LogP contribution is -2.54. The number of likely N-dealkylation sites (N-methyl/N-ethyl adjacent to an activating group) is 1. The van der Waals surface area contributed by atoms with Gasteiger partial charge in [0.15, 0.2) is 0 Å². The zero-order valence-corrected chi connectivity index (χ0v) is 16.3. The van der Waals surface area contributed by atoms with Gasteiger partial charge in [-0.1, -0.05) is 6.07 Å². The van der Waals surface area contributed by atoms with E-state index in [-0.39, 0.29) is 30.2 Å². The minimum absolute atomic E-state index is 0.116. The lowest BCUT2D eigenvalue weighted by atomic mass is 10.1. The van der Waals surface area contributed by atoms with Gasteiger partial charge in [-0.15, -0.1) is 12.3 Å². The normalized spacial score (nSPS) is 18.0. The van der Waals surface area contributed by atoms with E-state index in [1.54, 1.807) is 43.3 Å². The predicted molar refractivity (Wildman–Crippen MR) is 105 cm³/mol. The zero-order chi connectivity index (χ0) is 20.5. The van der Waals surface area contributed by atoms with Crippen LogP contribution < -0.4 is 16.0 Å². The number of nitrogens with zero attached hydrogens (tertiary/aromatic N) is 2. The topological polar surface area (TPSA) is 103 Å². The van der Waals surface area contributed by atoms with E-state index in [4.69, 9.17) is 6.42 Å². The van der Waals surface area contributed by atoms with Crippen molar-refractivity contribution in [3.63, 3.8) is 0 Å². The van der Waals surface area contributed by atoms with Crippen LogP contribution in [0.15, 0.2) is 24.4 Å². The highest BCUT2D eigenvalue weighted by atomic mass is 16.2. The first-order valence-electron chi connectivity index (χ1n) is 9.38. The number of pyridine rings is 1. The highest BCUT2D eigenvalue weighted by Gasteiger charge is 2.34. The highest BCUT2D eigenvalue weighted by molar-refractivity contribution is 5.92.